The summed E-state index contributed by atoms with van der Waals surface area (Å²) in [6.07, 6.45) is 1.97. The molecular formula is C24H22FN3O4. The second kappa shape index (κ2) is 8.20. The Morgan fingerprint density at radius 1 is 1.16 bits per heavy atom. The molecule has 1 saturated heterocycles. The Morgan fingerprint density at radius 3 is 2.84 bits per heavy atom. The molecule has 1 atom stereocenters. The Balaban J connectivity index is 1.71. The first kappa shape index (κ1) is 20.4. The van der Waals surface area contributed by atoms with Crippen LogP contribution in [0.4, 0.5) is 10.2 Å². The van der Waals surface area contributed by atoms with Gasteiger partial charge in [-0.05, 0) is 55.3 Å². The predicted molar refractivity (Wildman–Crippen MR) is 118 cm³/mol. The first-order valence-corrected chi connectivity index (χ1v) is 10.4. The fourth-order valence-electron chi connectivity index (χ4n) is 4.27. The highest BCUT2D eigenvalue weighted by atomic mass is 19.1. The number of furan rings is 1. The minimum atomic E-state index is -0.433. The van der Waals surface area contributed by atoms with Gasteiger partial charge in [0.25, 0.3) is 0 Å². The van der Waals surface area contributed by atoms with E-state index in [0.29, 0.717) is 51.4 Å². The van der Waals surface area contributed by atoms with Crippen molar-refractivity contribution < 1.29 is 23.1 Å². The fraction of sp³-hybridized carbons (Fsp3) is 0.292. The number of fused-ring (bicyclic) bond motifs is 2. The predicted octanol–water partition coefficient (Wildman–Crippen LogP) is 4.58. The third-order valence-corrected chi connectivity index (χ3v) is 5.79. The lowest BCUT2D eigenvalue weighted by Gasteiger charge is -2.26. The number of nitrogens with zero attached hydrogens (tertiary/aromatic N) is 3. The first-order valence-electron chi connectivity index (χ1n) is 10.4. The molecule has 164 valence electrons. The SMILES string of the molecule is COCC1CCCN1c1nc2cc(C(=O)OC)ccc2nc1-c1cc2cc(F)ccc2o1. The minimum absolute atomic E-state index is 0.149. The number of benzene rings is 2. The number of halogens is 1. The summed E-state index contributed by atoms with van der Waals surface area (Å²) in [7, 11) is 3.02. The number of methoxy groups -OCH3 is 2. The molecule has 0 spiro atoms. The number of hydrogen-bond acceptors (Lipinski definition) is 7. The highest BCUT2D eigenvalue weighted by Gasteiger charge is 2.30. The monoisotopic (exact) mass is 435 g/mol. The first-order chi connectivity index (χ1) is 15.6. The van der Waals surface area contributed by atoms with Gasteiger partial charge < -0.3 is 18.8 Å². The summed E-state index contributed by atoms with van der Waals surface area (Å²) >= 11 is 0. The van der Waals surface area contributed by atoms with Gasteiger partial charge in [0, 0.05) is 19.0 Å². The van der Waals surface area contributed by atoms with Crippen LogP contribution in [0.2, 0.25) is 0 Å². The van der Waals surface area contributed by atoms with Crippen LogP contribution in [-0.2, 0) is 9.47 Å². The summed E-state index contributed by atoms with van der Waals surface area (Å²) in [6.45, 7) is 1.36. The Bertz CT molecular complexity index is 1320. The van der Waals surface area contributed by atoms with Crippen LogP contribution < -0.4 is 4.90 Å². The molecule has 0 N–H and O–H groups in total. The van der Waals surface area contributed by atoms with E-state index in [-0.39, 0.29) is 11.9 Å². The molecule has 2 aromatic carbocycles. The van der Waals surface area contributed by atoms with Crippen LogP contribution in [0.1, 0.15) is 23.2 Å². The van der Waals surface area contributed by atoms with E-state index >= 15 is 0 Å². The lowest BCUT2D eigenvalue weighted by atomic mass is 10.1. The zero-order valence-corrected chi connectivity index (χ0v) is 17.8. The van der Waals surface area contributed by atoms with Gasteiger partial charge in [0.05, 0.1) is 36.4 Å². The maximum Gasteiger partial charge on any atom is 0.337 e. The average molecular weight is 435 g/mol. The number of carbonyl (C=O) groups excluding carboxylic acids is 1. The Kier molecular flexibility index (Phi) is 5.22. The standard InChI is InChI=1S/C24H22FN3O4/c1-30-13-17-4-3-9-28(17)23-22(21-12-15-10-16(25)6-8-20(15)32-21)26-18-7-5-14(24(29)31-2)11-19(18)27-23/h5-8,10-12,17H,3-4,9,13H2,1-2H3. The van der Waals surface area contributed by atoms with Crippen LogP contribution in [0.25, 0.3) is 33.5 Å². The molecule has 1 fully saturated rings. The minimum Gasteiger partial charge on any atom is -0.465 e. The maximum atomic E-state index is 13.7. The molecule has 5 rings (SSSR count). The van der Waals surface area contributed by atoms with E-state index in [4.69, 9.17) is 23.9 Å². The second-order valence-corrected chi connectivity index (χ2v) is 7.83. The lowest BCUT2D eigenvalue weighted by Crippen LogP contribution is -2.34. The van der Waals surface area contributed by atoms with Crippen LogP contribution in [0, 0.1) is 5.82 Å². The van der Waals surface area contributed by atoms with Crippen LogP contribution in [-0.4, -0.2) is 49.4 Å². The molecule has 3 heterocycles. The van der Waals surface area contributed by atoms with Crippen molar-refractivity contribution in [2.24, 2.45) is 0 Å². The molecule has 0 amide bonds. The van der Waals surface area contributed by atoms with Crippen molar-refractivity contribution in [3.63, 3.8) is 0 Å². The number of esters is 1. The van der Waals surface area contributed by atoms with E-state index in [1.54, 1.807) is 37.4 Å². The van der Waals surface area contributed by atoms with Crippen molar-refractivity contribution in [3.8, 4) is 11.5 Å². The molecule has 0 radical (unpaired) electrons. The number of aromatic nitrogens is 2. The van der Waals surface area contributed by atoms with E-state index in [1.165, 1.54) is 19.2 Å². The highest BCUT2D eigenvalue weighted by Crippen LogP contribution is 2.37. The number of anilines is 1. The van der Waals surface area contributed by atoms with Crippen molar-refractivity contribution in [1.82, 2.24) is 9.97 Å². The summed E-state index contributed by atoms with van der Waals surface area (Å²) in [6, 6.07) is 11.4. The molecule has 7 nitrogen and oxygen atoms in total. The molecule has 4 aromatic rings. The molecule has 0 aliphatic carbocycles. The number of rotatable bonds is 5. The van der Waals surface area contributed by atoms with Crippen molar-refractivity contribution in [2.45, 2.75) is 18.9 Å². The van der Waals surface area contributed by atoms with Gasteiger partial charge in [0.15, 0.2) is 11.6 Å². The molecule has 32 heavy (non-hydrogen) atoms. The fourth-order valence-corrected chi connectivity index (χ4v) is 4.27. The van der Waals surface area contributed by atoms with Gasteiger partial charge in [-0.2, -0.15) is 0 Å². The van der Waals surface area contributed by atoms with E-state index in [0.717, 1.165) is 19.4 Å². The van der Waals surface area contributed by atoms with Crippen LogP contribution >= 0.6 is 0 Å². The molecule has 0 saturated carbocycles. The maximum absolute atomic E-state index is 13.7. The normalized spacial score (nSPS) is 16.2. The summed E-state index contributed by atoms with van der Waals surface area (Å²) in [5.41, 5.74) is 2.75. The zero-order chi connectivity index (χ0) is 22.2. The van der Waals surface area contributed by atoms with Gasteiger partial charge in [-0.3, -0.25) is 0 Å². The Labute approximate surface area is 183 Å². The smallest absolute Gasteiger partial charge is 0.337 e. The quantitative estimate of drug-likeness (QED) is 0.425. The van der Waals surface area contributed by atoms with Crippen molar-refractivity contribution in [1.29, 1.82) is 0 Å². The zero-order valence-electron chi connectivity index (χ0n) is 17.8. The summed E-state index contributed by atoms with van der Waals surface area (Å²) in [4.78, 5) is 23.9. The average Bonchev–Trinajstić information content (AvgIpc) is 3.44. The van der Waals surface area contributed by atoms with Gasteiger partial charge in [-0.15, -0.1) is 0 Å². The number of carbonyl (C=O) groups is 1. The van der Waals surface area contributed by atoms with E-state index in [2.05, 4.69) is 4.90 Å². The summed E-state index contributed by atoms with van der Waals surface area (Å²) in [5.74, 6) is 0.399. The summed E-state index contributed by atoms with van der Waals surface area (Å²) in [5, 5.41) is 0.656. The second-order valence-electron chi connectivity index (χ2n) is 7.83. The largest absolute Gasteiger partial charge is 0.465 e. The molecule has 2 aromatic heterocycles. The third kappa shape index (κ3) is 3.56. The molecule has 8 heteroatoms. The lowest BCUT2D eigenvalue weighted by molar-refractivity contribution is 0.0601. The molecule has 1 unspecified atom stereocenters. The van der Waals surface area contributed by atoms with Gasteiger partial charge in [-0.1, -0.05) is 0 Å². The summed E-state index contributed by atoms with van der Waals surface area (Å²) < 4.78 is 30.0. The van der Waals surface area contributed by atoms with Crippen molar-refractivity contribution >= 4 is 33.8 Å². The van der Waals surface area contributed by atoms with Crippen LogP contribution in [0.3, 0.4) is 0 Å². The molecular weight excluding hydrogens is 413 g/mol. The highest BCUT2D eigenvalue weighted by molar-refractivity contribution is 5.94. The van der Waals surface area contributed by atoms with Gasteiger partial charge in [0.1, 0.15) is 17.1 Å². The molecule has 0 bridgehead atoms. The number of ether oxygens (including phenoxy) is 2. The van der Waals surface area contributed by atoms with Crippen LogP contribution in [0.5, 0.6) is 0 Å². The third-order valence-electron chi connectivity index (χ3n) is 5.79. The molecule has 1 aliphatic heterocycles. The van der Waals surface area contributed by atoms with E-state index in [9.17, 15) is 9.18 Å². The van der Waals surface area contributed by atoms with Crippen LogP contribution in [0.15, 0.2) is 46.9 Å². The van der Waals surface area contributed by atoms with Gasteiger partial charge >= 0.3 is 5.97 Å². The number of hydrogen-bond donors (Lipinski definition) is 0. The van der Waals surface area contributed by atoms with Gasteiger partial charge in [-0.25, -0.2) is 19.2 Å². The van der Waals surface area contributed by atoms with Crippen molar-refractivity contribution in [3.05, 3.63) is 53.8 Å². The Morgan fingerprint density at radius 2 is 2.03 bits per heavy atom. The topological polar surface area (TPSA) is 77.7 Å². The molecule has 1 aliphatic rings. The van der Waals surface area contributed by atoms with Gasteiger partial charge in [0.2, 0.25) is 0 Å². The Hall–Kier alpha value is -3.52. The van der Waals surface area contributed by atoms with E-state index < -0.39 is 5.97 Å². The van der Waals surface area contributed by atoms with Crippen molar-refractivity contribution in [2.75, 3.05) is 32.3 Å². The van der Waals surface area contributed by atoms with E-state index in [1.807, 2.05) is 0 Å².